The van der Waals surface area contributed by atoms with Gasteiger partial charge in [0.2, 0.25) is 0 Å². The lowest BCUT2D eigenvalue weighted by molar-refractivity contribution is -0.130. The third-order valence-electron chi connectivity index (χ3n) is 4.09. The molecule has 0 radical (unpaired) electrons. The number of ketones is 1. The van der Waals surface area contributed by atoms with Gasteiger partial charge < -0.3 is 0 Å². The monoisotopic (exact) mass is 182 g/mol. The molecule has 0 heterocycles. The molecule has 1 fully saturated rings. The molecule has 13 heavy (non-hydrogen) atoms. The third-order valence-corrected chi connectivity index (χ3v) is 4.09. The summed E-state index contributed by atoms with van der Waals surface area (Å²) in [6.45, 7) is 8.87. The van der Waals surface area contributed by atoms with E-state index in [2.05, 4.69) is 27.7 Å². The smallest absolute Gasteiger partial charge is 0.139 e. The molecule has 1 saturated carbocycles. The molecular weight excluding hydrogens is 160 g/mol. The summed E-state index contributed by atoms with van der Waals surface area (Å²) in [5.74, 6) is 0.516. The highest BCUT2D eigenvalue weighted by Gasteiger charge is 2.52. The van der Waals surface area contributed by atoms with Crippen molar-refractivity contribution in [2.75, 3.05) is 0 Å². The maximum absolute atomic E-state index is 11.9. The van der Waals surface area contributed by atoms with E-state index in [1.807, 2.05) is 0 Å². The summed E-state index contributed by atoms with van der Waals surface area (Å²) in [4.78, 5) is 11.9. The third kappa shape index (κ3) is 1.43. The first kappa shape index (κ1) is 10.7. The van der Waals surface area contributed by atoms with Crippen LogP contribution in [0.1, 0.15) is 59.8 Å². The Hall–Kier alpha value is -0.330. The van der Waals surface area contributed by atoms with Crippen LogP contribution in [0.15, 0.2) is 0 Å². The maximum Gasteiger partial charge on any atom is 0.139 e. The lowest BCUT2D eigenvalue weighted by atomic mass is 9.63. The minimum Gasteiger partial charge on any atom is -0.299 e. The molecule has 1 aliphatic rings. The van der Waals surface area contributed by atoms with E-state index in [0.717, 1.165) is 32.1 Å². The van der Waals surface area contributed by atoms with Crippen molar-refractivity contribution in [3.8, 4) is 0 Å². The summed E-state index contributed by atoms with van der Waals surface area (Å²) < 4.78 is 0. The molecule has 0 saturated heterocycles. The van der Waals surface area contributed by atoms with Crippen molar-refractivity contribution >= 4 is 5.78 Å². The first-order valence-corrected chi connectivity index (χ1v) is 5.53. The second-order valence-corrected chi connectivity index (χ2v) is 4.99. The summed E-state index contributed by atoms with van der Waals surface area (Å²) in [5.41, 5.74) is 0.233. The minimum atomic E-state index is 0.00174. The topological polar surface area (TPSA) is 17.1 Å². The largest absolute Gasteiger partial charge is 0.299 e. The fourth-order valence-electron chi connectivity index (χ4n) is 3.04. The predicted octanol–water partition coefficient (Wildman–Crippen LogP) is 3.57. The predicted molar refractivity (Wildman–Crippen MR) is 55.7 cm³/mol. The zero-order valence-corrected chi connectivity index (χ0v) is 9.44. The molecule has 1 nitrogen and oxygen atoms in total. The first-order valence-electron chi connectivity index (χ1n) is 5.53. The quantitative estimate of drug-likeness (QED) is 0.652. The van der Waals surface area contributed by atoms with E-state index in [4.69, 9.17) is 0 Å². The zero-order chi connectivity index (χ0) is 10.1. The first-order chi connectivity index (χ1) is 6.00. The van der Waals surface area contributed by atoms with Crippen LogP contribution >= 0.6 is 0 Å². The molecule has 0 aromatic carbocycles. The van der Waals surface area contributed by atoms with Gasteiger partial charge in [-0.25, -0.2) is 0 Å². The lowest BCUT2D eigenvalue weighted by Gasteiger charge is -2.39. The number of hydrogen-bond donors (Lipinski definition) is 0. The maximum atomic E-state index is 11.9. The molecule has 76 valence electrons. The zero-order valence-electron chi connectivity index (χ0n) is 9.44. The Balaban J connectivity index is 2.98. The Labute approximate surface area is 81.9 Å². The van der Waals surface area contributed by atoms with Gasteiger partial charge in [0.15, 0.2) is 0 Å². The van der Waals surface area contributed by atoms with Gasteiger partial charge in [-0.15, -0.1) is 0 Å². The van der Waals surface area contributed by atoms with E-state index in [9.17, 15) is 4.79 Å². The molecule has 1 rings (SSSR count). The van der Waals surface area contributed by atoms with Crippen molar-refractivity contribution in [3.05, 3.63) is 0 Å². The highest BCUT2D eigenvalue weighted by molar-refractivity contribution is 5.88. The van der Waals surface area contributed by atoms with Crippen LogP contribution in [-0.2, 0) is 4.79 Å². The second kappa shape index (κ2) is 3.43. The van der Waals surface area contributed by atoms with Gasteiger partial charge in [-0.2, -0.15) is 0 Å². The summed E-state index contributed by atoms with van der Waals surface area (Å²) in [6, 6.07) is 0. The molecule has 1 unspecified atom stereocenters. The fraction of sp³-hybridized carbons (Fsp3) is 0.917. The molecule has 0 bridgehead atoms. The lowest BCUT2D eigenvalue weighted by Crippen LogP contribution is -2.37. The van der Waals surface area contributed by atoms with Crippen molar-refractivity contribution in [1.29, 1.82) is 0 Å². The molecule has 0 aromatic heterocycles. The van der Waals surface area contributed by atoms with Gasteiger partial charge in [0.05, 0.1) is 0 Å². The number of carbonyl (C=O) groups excluding carboxylic acids is 1. The van der Waals surface area contributed by atoms with Crippen molar-refractivity contribution in [2.24, 2.45) is 10.8 Å². The van der Waals surface area contributed by atoms with Gasteiger partial charge >= 0.3 is 0 Å². The molecule has 0 aromatic rings. The van der Waals surface area contributed by atoms with E-state index < -0.39 is 0 Å². The average molecular weight is 182 g/mol. The molecule has 0 amide bonds. The van der Waals surface area contributed by atoms with Crippen molar-refractivity contribution in [2.45, 2.75) is 59.8 Å². The van der Waals surface area contributed by atoms with E-state index >= 15 is 0 Å². The fourth-order valence-corrected chi connectivity index (χ4v) is 3.04. The van der Waals surface area contributed by atoms with Crippen molar-refractivity contribution < 1.29 is 4.79 Å². The van der Waals surface area contributed by atoms with Crippen LogP contribution in [0.4, 0.5) is 0 Å². The summed E-state index contributed by atoms with van der Waals surface area (Å²) in [7, 11) is 0. The second-order valence-electron chi connectivity index (χ2n) is 4.99. The van der Waals surface area contributed by atoms with Crippen molar-refractivity contribution in [3.63, 3.8) is 0 Å². The van der Waals surface area contributed by atoms with E-state index in [1.165, 1.54) is 0 Å². The Kier molecular flexibility index (Phi) is 2.84. The Morgan fingerprint density at radius 2 is 1.92 bits per heavy atom. The van der Waals surface area contributed by atoms with Crippen LogP contribution in [0.25, 0.3) is 0 Å². The van der Waals surface area contributed by atoms with Gasteiger partial charge in [-0.3, -0.25) is 4.79 Å². The van der Waals surface area contributed by atoms with E-state index in [0.29, 0.717) is 5.78 Å². The highest BCUT2D eigenvalue weighted by Crippen LogP contribution is 2.54. The summed E-state index contributed by atoms with van der Waals surface area (Å²) in [5, 5.41) is 0. The Bertz CT molecular complexity index is 205. The molecule has 0 aliphatic heterocycles. The van der Waals surface area contributed by atoms with Crippen LogP contribution in [0, 0.1) is 10.8 Å². The molecular formula is C12H22O. The van der Waals surface area contributed by atoms with Crippen LogP contribution in [-0.4, -0.2) is 5.78 Å². The minimum absolute atomic E-state index is 0.00174. The molecule has 1 atom stereocenters. The van der Waals surface area contributed by atoms with Crippen LogP contribution < -0.4 is 0 Å². The van der Waals surface area contributed by atoms with Crippen LogP contribution in [0.3, 0.4) is 0 Å². The molecule has 0 spiro atoms. The SMILES string of the molecule is CCCC1(CC)C(=O)CCC1(C)C. The Morgan fingerprint density at radius 3 is 2.23 bits per heavy atom. The number of hydrogen-bond acceptors (Lipinski definition) is 1. The number of Topliss-reactive ketones (excluding diaryl/α,β-unsaturated/α-hetero) is 1. The highest BCUT2D eigenvalue weighted by atomic mass is 16.1. The Morgan fingerprint density at radius 1 is 1.31 bits per heavy atom. The van der Waals surface area contributed by atoms with Crippen LogP contribution in [0.2, 0.25) is 0 Å². The van der Waals surface area contributed by atoms with Crippen LogP contribution in [0.5, 0.6) is 0 Å². The average Bonchev–Trinajstić information content (AvgIpc) is 2.29. The van der Waals surface area contributed by atoms with Gasteiger partial charge in [0, 0.05) is 11.8 Å². The normalized spacial score (nSPS) is 32.5. The standard InChI is InChI=1S/C12H22O/c1-5-8-12(6-2)10(13)7-9-11(12,3)4/h5-9H2,1-4H3. The number of carbonyl (C=O) groups is 1. The van der Waals surface area contributed by atoms with Crippen molar-refractivity contribution in [1.82, 2.24) is 0 Å². The van der Waals surface area contributed by atoms with Gasteiger partial charge in [-0.1, -0.05) is 34.1 Å². The van der Waals surface area contributed by atoms with Gasteiger partial charge in [0.1, 0.15) is 5.78 Å². The molecule has 1 heteroatoms. The number of rotatable bonds is 3. The van der Waals surface area contributed by atoms with E-state index in [-0.39, 0.29) is 10.8 Å². The van der Waals surface area contributed by atoms with Gasteiger partial charge in [-0.05, 0) is 24.7 Å². The van der Waals surface area contributed by atoms with E-state index in [1.54, 1.807) is 0 Å². The van der Waals surface area contributed by atoms with Gasteiger partial charge in [0.25, 0.3) is 0 Å². The molecule has 0 N–H and O–H groups in total. The summed E-state index contributed by atoms with van der Waals surface area (Å²) in [6.07, 6.45) is 5.12. The molecule has 1 aliphatic carbocycles. The summed E-state index contributed by atoms with van der Waals surface area (Å²) >= 11 is 0.